The molecule has 1 aromatic rings. The zero-order valence-corrected chi connectivity index (χ0v) is 7.70. The number of carbonyl (C=O) groups excluding carboxylic acids is 1. The van der Waals surface area contributed by atoms with Gasteiger partial charge in [0, 0.05) is 0 Å². The van der Waals surface area contributed by atoms with Crippen molar-refractivity contribution < 1.29 is 39.5 Å². The summed E-state index contributed by atoms with van der Waals surface area (Å²) in [5.74, 6) is -1.13. The molecule has 0 spiro atoms. The van der Waals surface area contributed by atoms with Crippen molar-refractivity contribution in [2.45, 2.75) is 0 Å². The van der Waals surface area contributed by atoms with Crippen LogP contribution in [0, 0.1) is 0 Å². The summed E-state index contributed by atoms with van der Waals surface area (Å²) in [6, 6.07) is 8.06. The first-order chi connectivity index (χ1) is 4.30. The number of benzene rings is 1. The Morgan fingerprint density at radius 1 is 1.20 bits per heavy atom. The molecule has 0 saturated carbocycles. The minimum absolute atomic E-state index is 0. The van der Waals surface area contributed by atoms with Crippen LogP contribution in [0.15, 0.2) is 30.3 Å². The largest absolute Gasteiger partial charge is 1.00 e. The predicted octanol–water partition coefficient (Wildman–Crippen LogP) is -2.95. The maximum absolute atomic E-state index is 10.1. The van der Waals surface area contributed by atoms with E-state index in [0.717, 1.165) is 0 Å². The zero-order chi connectivity index (χ0) is 6.69. The smallest absolute Gasteiger partial charge is 0.545 e. The first kappa shape index (κ1) is 9.69. The van der Waals surface area contributed by atoms with Gasteiger partial charge in [0.2, 0.25) is 0 Å². The van der Waals surface area contributed by atoms with Gasteiger partial charge in [-0.3, -0.25) is 0 Å². The normalized spacial score (nSPS) is 8.00. The molecule has 0 aliphatic rings. The van der Waals surface area contributed by atoms with Crippen LogP contribution in [0.3, 0.4) is 0 Å². The first-order valence-corrected chi connectivity index (χ1v) is 2.57. The summed E-state index contributed by atoms with van der Waals surface area (Å²) in [7, 11) is 0. The monoisotopic (exact) mass is 145 g/mol. The molecule has 0 amide bonds. The molecule has 1 aromatic carbocycles. The van der Waals surface area contributed by atoms with Crippen molar-refractivity contribution in [1.82, 2.24) is 0 Å². The Labute approximate surface area is 81.2 Å². The fraction of sp³-hybridized carbons (Fsp3) is 0. The molecule has 0 atom stereocenters. The number of hydrogen-bond donors (Lipinski definition) is 0. The standard InChI is InChI=1S/C7H6O2.Na/c8-7(9)6-4-2-1-3-5-6;/h1-5H,(H,8,9);/q;+1/p-1/i7+1;. The van der Waals surface area contributed by atoms with Gasteiger partial charge in [-0.25, -0.2) is 0 Å². The van der Waals surface area contributed by atoms with Gasteiger partial charge in [-0.15, -0.1) is 0 Å². The van der Waals surface area contributed by atoms with Crippen molar-refractivity contribution in [3.63, 3.8) is 0 Å². The molecule has 0 aliphatic carbocycles. The van der Waals surface area contributed by atoms with E-state index in [9.17, 15) is 9.90 Å². The van der Waals surface area contributed by atoms with Gasteiger partial charge in [0.1, 0.15) is 0 Å². The van der Waals surface area contributed by atoms with Gasteiger partial charge in [-0.2, -0.15) is 0 Å². The molecule has 0 radical (unpaired) electrons. The quantitative estimate of drug-likeness (QED) is 0.313. The molecule has 0 aliphatic heterocycles. The molecule has 0 heterocycles. The van der Waals surface area contributed by atoms with Crippen molar-refractivity contribution in [3.05, 3.63) is 35.9 Å². The Morgan fingerprint density at radius 3 is 2.00 bits per heavy atom. The molecule has 46 valence electrons. The van der Waals surface area contributed by atoms with Crippen LogP contribution in [0.2, 0.25) is 0 Å². The van der Waals surface area contributed by atoms with E-state index in [1.165, 1.54) is 12.1 Å². The van der Waals surface area contributed by atoms with Gasteiger partial charge < -0.3 is 9.90 Å². The Hall–Kier alpha value is -0.310. The van der Waals surface area contributed by atoms with Crippen molar-refractivity contribution >= 4 is 5.97 Å². The number of carbonyl (C=O) groups is 1. The average Bonchev–Trinajstić information content (AvgIpc) is 1.90. The zero-order valence-electron chi connectivity index (χ0n) is 5.70. The number of rotatable bonds is 1. The maximum Gasteiger partial charge on any atom is 1.00 e. The van der Waals surface area contributed by atoms with Gasteiger partial charge in [0.25, 0.3) is 0 Å². The summed E-state index contributed by atoms with van der Waals surface area (Å²) in [5.41, 5.74) is 0.220. The van der Waals surface area contributed by atoms with E-state index in [2.05, 4.69) is 0 Å². The van der Waals surface area contributed by atoms with Crippen LogP contribution in [0.5, 0.6) is 0 Å². The Bertz CT molecular complexity index is 208. The molecule has 0 N–H and O–H groups in total. The number of hydrogen-bond acceptors (Lipinski definition) is 2. The van der Waals surface area contributed by atoms with Crippen LogP contribution in [0.25, 0.3) is 0 Å². The van der Waals surface area contributed by atoms with E-state index < -0.39 is 5.97 Å². The van der Waals surface area contributed by atoms with Gasteiger partial charge in [-0.1, -0.05) is 30.3 Å². The van der Waals surface area contributed by atoms with E-state index >= 15 is 0 Å². The fourth-order valence-electron chi connectivity index (χ4n) is 0.574. The summed E-state index contributed by atoms with van der Waals surface area (Å²) in [4.78, 5) is 10.1. The van der Waals surface area contributed by atoms with E-state index in [0.29, 0.717) is 0 Å². The Balaban J connectivity index is 0.000000810. The van der Waals surface area contributed by atoms with E-state index in [-0.39, 0.29) is 35.1 Å². The topological polar surface area (TPSA) is 40.1 Å². The van der Waals surface area contributed by atoms with Crippen molar-refractivity contribution in [1.29, 1.82) is 0 Å². The second-order valence-electron chi connectivity index (χ2n) is 1.65. The predicted molar refractivity (Wildman–Crippen MR) is 30.8 cm³/mol. The summed E-state index contributed by atoms with van der Waals surface area (Å²) >= 11 is 0. The van der Waals surface area contributed by atoms with Crippen molar-refractivity contribution in [2.75, 3.05) is 0 Å². The molecule has 0 aromatic heterocycles. The van der Waals surface area contributed by atoms with Crippen molar-refractivity contribution in [2.24, 2.45) is 0 Å². The van der Waals surface area contributed by atoms with E-state index in [1.807, 2.05) is 0 Å². The minimum atomic E-state index is -1.13. The van der Waals surface area contributed by atoms with Crippen LogP contribution < -0.4 is 34.7 Å². The van der Waals surface area contributed by atoms with Crippen LogP contribution in [-0.4, -0.2) is 5.97 Å². The minimum Gasteiger partial charge on any atom is -0.545 e. The molecule has 0 saturated heterocycles. The van der Waals surface area contributed by atoms with E-state index in [1.54, 1.807) is 18.2 Å². The molecule has 0 bridgehead atoms. The molecule has 0 fully saturated rings. The van der Waals surface area contributed by atoms with Gasteiger partial charge in [0.05, 0.1) is 5.97 Å². The number of carboxylic acids is 1. The molecule has 10 heavy (non-hydrogen) atoms. The van der Waals surface area contributed by atoms with Crippen LogP contribution in [0.1, 0.15) is 10.4 Å². The second-order valence-corrected chi connectivity index (χ2v) is 1.65. The SMILES string of the molecule is O=[13C]([O-])c1ccccc1.[Na+]. The number of carboxylic acid groups (broad SMARTS) is 1. The molecule has 2 nitrogen and oxygen atoms in total. The summed E-state index contributed by atoms with van der Waals surface area (Å²) in [6.45, 7) is 0. The average molecular weight is 145 g/mol. The first-order valence-electron chi connectivity index (χ1n) is 2.57. The van der Waals surface area contributed by atoms with Crippen LogP contribution in [0.4, 0.5) is 0 Å². The van der Waals surface area contributed by atoms with Crippen LogP contribution >= 0.6 is 0 Å². The number of aromatic carboxylic acids is 1. The van der Waals surface area contributed by atoms with Crippen molar-refractivity contribution in [3.8, 4) is 0 Å². The third-order valence-electron chi connectivity index (χ3n) is 1.01. The third-order valence-corrected chi connectivity index (χ3v) is 1.01. The van der Waals surface area contributed by atoms with Gasteiger partial charge >= 0.3 is 29.6 Å². The Morgan fingerprint density at radius 2 is 1.70 bits per heavy atom. The molecule has 3 heteroatoms. The Kier molecular flexibility index (Phi) is 4.36. The summed E-state index contributed by atoms with van der Waals surface area (Å²) in [5, 5.41) is 10.1. The van der Waals surface area contributed by atoms with E-state index in [4.69, 9.17) is 0 Å². The summed E-state index contributed by atoms with van der Waals surface area (Å²) in [6.07, 6.45) is 0. The third kappa shape index (κ3) is 2.52. The molecular formula is C7H5NaO2. The maximum atomic E-state index is 10.1. The molecule has 1 rings (SSSR count). The second kappa shape index (κ2) is 4.50. The fourth-order valence-corrected chi connectivity index (χ4v) is 0.574. The van der Waals surface area contributed by atoms with Gasteiger partial charge in [0.15, 0.2) is 0 Å². The molecule has 0 unspecified atom stereocenters. The van der Waals surface area contributed by atoms with Gasteiger partial charge in [-0.05, 0) is 5.56 Å². The summed E-state index contributed by atoms with van der Waals surface area (Å²) < 4.78 is 0. The van der Waals surface area contributed by atoms with Crippen LogP contribution in [-0.2, 0) is 0 Å². The molecular weight excluding hydrogens is 140 g/mol.